The van der Waals surface area contributed by atoms with Crippen molar-refractivity contribution in [1.29, 1.82) is 0 Å². The van der Waals surface area contributed by atoms with E-state index in [-0.39, 0.29) is 35.6 Å². The molecule has 0 aromatic heterocycles. The third-order valence-corrected chi connectivity index (χ3v) is 14.2. The topological polar surface area (TPSA) is 0 Å². The third-order valence-electron chi connectivity index (χ3n) is 13.7. The molecule has 1 saturated carbocycles. The van der Waals surface area contributed by atoms with Gasteiger partial charge in [-0.15, -0.1) is 6.92 Å². The first kappa shape index (κ1) is 42.2. The minimum atomic E-state index is 0. The zero-order chi connectivity index (χ0) is 35.8. The summed E-state index contributed by atoms with van der Waals surface area (Å²) < 4.78 is 2.25. The van der Waals surface area contributed by atoms with Crippen molar-refractivity contribution in [3.8, 4) is 11.1 Å². The van der Waals surface area contributed by atoms with Gasteiger partial charge in [-0.3, -0.25) is 0 Å². The van der Waals surface area contributed by atoms with Crippen LogP contribution in [-0.2, 0) is 37.1 Å². The molecule has 4 aliphatic rings. The Morgan fingerprint density at radius 1 is 0.808 bits per heavy atom. The third kappa shape index (κ3) is 7.29. The monoisotopic (exact) mass is 804 g/mol. The van der Waals surface area contributed by atoms with Crippen LogP contribution in [0.5, 0.6) is 0 Å². The Balaban J connectivity index is 0.000000217. The molecule has 0 bridgehead atoms. The number of aryl methyl sites for hydroxylation is 1. The molecule has 3 heteroatoms. The van der Waals surface area contributed by atoms with Crippen LogP contribution >= 0.6 is 0 Å². The molecule has 8 rings (SSSR count). The van der Waals surface area contributed by atoms with Gasteiger partial charge < -0.3 is 24.8 Å². The summed E-state index contributed by atoms with van der Waals surface area (Å²) in [6, 6.07) is 36.6. The second-order valence-corrected chi connectivity index (χ2v) is 16.9. The van der Waals surface area contributed by atoms with Crippen molar-refractivity contribution in [3.63, 3.8) is 0 Å². The predicted molar refractivity (Wildman–Crippen MR) is 213 cm³/mol. The first-order valence-corrected chi connectivity index (χ1v) is 20.3. The van der Waals surface area contributed by atoms with Gasteiger partial charge in [0, 0.05) is 5.41 Å². The van der Waals surface area contributed by atoms with E-state index in [1.54, 1.807) is 28.2 Å². The maximum atomic E-state index is 2.63. The molecule has 7 atom stereocenters. The second kappa shape index (κ2) is 17.3. The van der Waals surface area contributed by atoms with E-state index in [1.165, 1.54) is 57.6 Å². The van der Waals surface area contributed by atoms with Gasteiger partial charge in [0.2, 0.25) is 0 Å². The van der Waals surface area contributed by atoms with Gasteiger partial charge in [0.25, 0.3) is 0 Å². The summed E-state index contributed by atoms with van der Waals surface area (Å²) in [6.45, 7) is 22.3. The van der Waals surface area contributed by atoms with Crippen molar-refractivity contribution in [2.45, 2.75) is 75.2 Å². The SMILES string of the molecule is C[C-]1C2=C3Cc4ccccc4C3=C3C=CC(C)C(C)C3(C)C2(C)C(C)C(C)C1C.Cc1cc(-c2ccccc2)c[cH-]1.[Cl-].[Cl-].[Zr+2]=[CH]Cc1ccccc1. The quantitative estimate of drug-likeness (QED) is 0.204. The van der Waals surface area contributed by atoms with Crippen LogP contribution in [-0.4, -0.2) is 3.71 Å². The van der Waals surface area contributed by atoms with Crippen molar-refractivity contribution in [1.82, 2.24) is 0 Å². The average Bonchev–Trinajstić information content (AvgIpc) is 3.74. The molecule has 0 spiro atoms. The molecule has 0 radical (unpaired) electrons. The van der Waals surface area contributed by atoms with Gasteiger partial charge in [-0.1, -0.05) is 157 Å². The number of halogens is 2. The summed E-state index contributed by atoms with van der Waals surface area (Å²) in [5.74, 6) is 4.93. The summed E-state index contributed by atoms with van der Waals surface area (Å²) in [4.78, 5) is 0. The molecule has 4 aliphatic carbocycles. The molecule has 52 heavy (non-hydrogen) atoms. The van der Waals surface area contributed by atoms with Gasteiger partial charge in [0.1, 0.15) is 0 Å². The molecular weight excluding hydrogens is 751 g/mol. The van der Waals surface area contributed by atoms with Gasteiger partial charge in [-0.2, -0.15) is 34.4 Å². The molecular formula is C49H56Cl2Zr-2. The van der Waals surface area contributed by atoms with E-state index >= 15 is 0 Å². The minimum absolute atomic E-state index is 0. The van der Waals surface area contributed by atoms with E-state index in [1.807, 2.05) is 12.1 Å². The maximum absolute atomic E-state index is 2.63. The first-order valence-electron chi connectivity index (χ1n) is 18.9. The van der Waals surface area contributed by atoms with Gasteiger partial charge in [0.15, 0.2) is 0 Å². The number of hydrogen-bond acceptors (Lipinski definition) is 0. The molecule has 0 amide bonds. The predicted octanol–water partition coefficient (Wildman–Crippen LogP) is 6.64. The van der Waals surface area contributed by atoms with Gasteiger partial charge in [-0.05, 0) is 34.7 Å². The second-order valence-electron chi connectivity index (χ2n) is 15.9. The first-order chi connectivity index (χ1) is 23.9. The fraction of sp³-hybridized carbons (Fsp3) is 0.367. The fourth-order valence-corrected chi connectivity index (χ4v) is 10.5. The Kier molecular flexibility index (Phi) is 14.0. The summed E-state index contributed by atoms with van der Waals surface area (Å²) in [6.07, 6.45) is 7.24. The Labute approximate surface area is 342 Å². The van der Waals surface area contributed by atoms with Crippen LogP contribution in [0.25, 0.3) is 16.7 Å². The van der Waals surface area contributed by atoms with Gasteiger partial charge >= 0.3 is 70.3 Å². The molecule has 0 nitrogen and oxygen atoms in total. The molecule has 1 fully saturated rings. The van der Waals surface area contributed by atoms with Crippen molar-refractivity contribution >= 4 is 9.28 Å². The molecule has 0 N–H and O–H groups in total. The van der Waals surface area contributed by atoms with Gasteiger partial charge in [-0.25, -0.2) is 12.0 Å². The standard InChI is InChI=1S/C29H37.C12H11.C8H8.2ClH.Zr/c1-16-13-14-25-26-23-12-10-9-11-22(23)15-24(26)27-19(4)17(2)18(3)21(6)29(27,8)28(25,7)20(16)5;1-10-7-8-12(9-10)11-5-3-2-4-6-11;1-2-8-6-4-3-5-7-8;;;/h9-14,16-18,20-21H,15H2,1-8H3;2-9H,1H3;1,3-7H,2H2;2*1H;/q2*-1;;;;+2/p-2. The normalized spacial score (nSPS) is 28.0. The van der Waals surface area contributed by atoms with E-state index in [4.69, 9.17) is 0 Å². The number of benzene rings is 3. The van der Waals surface area contributed by atoms with Gasteiger partial charge in [0.05, 0.1) is 0 Å². The van der Waals surface area contributed by atoms with E-state index in [0.717, 1.165) is 12.8 Å². The molecule has 4 aromatic rings. The number of allylic oxidation sites excluding steroid dienone is 6. The Morgan fingerprint density at radius 2 is 1.42 bits per heavy atom. The molecule has 7 unspecified atom stereocenters. The number of hydrogen-bond donors (Lipinski definition) is 0. The summed E-state index contributed by atoms with van der Waals surface area (Å²) in [7, 11) is 0. The fourth-order valence-electron chi connectivity index (χ4n) is 9.94. The van der Waals surface area contributed by atoms with E-state index in [9.17, 15) is 0 Å². The van der Waals surface area contributed by atoms with Crippen LogP contribution < -0.4 is 24.8 Å². The van der Waals surface area contributed by atoms with Crippen LogP contribution in [0, 0.1) is 53.3 Å². The van der Waals surface area contributed by atoms with Crippen LogP contribution in [0.3, 0.4) is 0 Å². The molecule has 272 valence electrons. The van der Waals surface area contributed by atoms with E-state index < -0.39 is 0 Å². The van der Waals surface area contributed by atoms with Crippen LogP contribution in [0.2, 0.25) is 0 Å². The average molecular weight is 807 g/mol. The summed E-state index contributed by atoms with van der Waals surface area (Å²) >= 11 is 1.51. The Bertz CT molecular complexity index is 1910. The summed E-state index contributed by atoms with van der Waals surface area (Å²) in [5, 5.41) is 0. The molecule has 4 aromatic carbocycles. The Morgan fingerprint density at radius 3 is 2.04 bits per heavy atom. The van der Waals surface area contributed by atoms with Crippen LogP contribution in [0.4, 0.5) is 0 Å². The molecule has 0 aliphatic heterocycles. The zero-order valence-electron chi connectivity index (χ0n) is 32.6. The zero-order valence-corrected chi connectivity index (χ0v) is 36.6. The van der Waals surface area contributed by atoms with Crippen molar-refractivity contribution < 1.29 is 49.0 Å². The van der Waals surface area contributed by atoms with E-state index in [2.05, 4.69) is 169 Å². The Hall–Kier alpha value is -2.57. The van der Waals surface area contributed by atoms with Crippen LogP contribution in [0.1, 0.15) is 77.6 Å². The van der Waals surface area contributed by atoms with Crippen molar-refractivity contribution in [3.05, 3.63) is 160 Å². The van der Waals surface area contributed by atoms with Crippen molar-refractivity contribution in [2.75, 3.05) is 0 Å². The molecule has 0 heterocycles. The van der Waals surface area contributed by atoms with E-state index in [0.29, 0.717) is 29.6 Å². The summed E-state index contributed by atoms with van der Waals surface area (Å²) in [5.41, 5.74) is 15.3. The van der Waals surface area contributed by atoms with Crippen molar-refractivity contribution in [2.24, 2.45) is 40.4 Å². The molecule has 0 saturated heterocycles. The van der Waals surface area contributed by atoms with Crippen LogP contribution in [0.15, 0.2) is 132 Å². The number of rotatable bonds is 3. The number of fused-ring (bicyclic) bond motifs is 6.